The molecule has 2 aliphatic heterocycles. The highest BCUT2D eigenvalue weighted by molar-refractivity contribution is 5.79. The van der Waals surface area contributed by atoms with E-state index in [-0.39, 0.29) is 6.04 Å². The van der Waals surface area contributed by atoms with Gasteiger partial charge in [0.15, 0.2) is 5.96 Å². The van der Waals surface area contributed by atoms with Crippen molar-refractivity contribution < 1.29 is 9.15 Å². The van der Waals surface area contributed by atoms with E-state index in [1.54, 1.807) is 6.26 Å². The number of furan rings is 1. The van der Waals surface area contributed by atoms with Crippen molar-refractivity contribution in [2.45, 2.75) is 32.0 Å². The molecule has 0 saturated carbocycles. The summed E-state index contributed by atoms with van der Waals surface area (Å²) in [7, 11) is 1.83. The second kappa shape index (κ2) is 11.3. The molecule has 2 N–H and O–H groups in total. The van der Waals surface area contributed by atoms with Gasteiger partial charge in [-0.3, -0.25) is 14.8 Å². The van der Waals surface area contributed by atoms with Crippen LogP contribution in [0.4, 0.5) is 0 Å². The average Bonchev–Trinajstić information content (AvgIpc) is 3.53. The van der Waals surface area contributed by atoms with E-state index in [0.29, 0.717) is 0 Å². The molecule has 31 heavy (non-hydrogen) atoms. The summed E-state index contributed by atoms with van der Waals surface area (Å²) >= 11 is 0. The number of nitrogens with zero attached hydrogens (tertiary/aromatic N) is 3. The van der Waals surface area contributed by atoms with Gasteiger partial charge in [0.25, 0.3) is 0 Å². The van der Waals surface area contributed by atoms with Gasteiger partial charge in [0.2, 0.25) is 0 Å². The highest BCUT2D eigenvalue weighted by Crippen LogP contribution is 2.24. The Morgan fingerprint density at radius 3 is 2.48 bits per heavy atom. The van der Waals surface area contributed by atoms with Gasteiger partial charge in [-0.25, -0.2) is 0 Å². The zero-order chi connectivity index (χ0) is 21.3. The average molecular weight is 426 g/mol. The molecule has 2 aliphatic rings. The van der Waals surface area contributed by atoms with Crippen molar-refractivity contribution in [3.8, 4) is 0 Å². The van der Waals surface area contributed by atoms with E-state index in [9.17, 15) is 0 Å². The first-order valence-electron chi connectivity index (χ1n) is 11.4. The maximum Gasteiger partial charge on any atom is 0.191 e. The highest BCUT2D eigenvalue weighted by atomic mass is 16.5. The van der Waals surface area contributed by atoms with Crippen LogP contribution in [0.5, 0.6) is 0 Å². The van der Waals surface area contributed by atoms with Gasteiger partial charge in [0.05, 0.1) is 25.5 Å². The molecule has 1 aromatic heterocycles. The van der Waals surface area contributed by atoms with Gasteiger partial charge in [-0.15, -0.1) is 0 Å². The molecular weight excluding hydrogens is 390 g/mol. The van der Waals surface area contributed by atoms with Gasteiger partial charge in [0.1, 0.15) is 5.76 Å². The Labute approximate surface area is 185 Å². The summed E-state index contributed by atoms with van der Waals surface area (Å²) in [5, 5.41) is 7.02. The summed E-state index contributed by atoms with van der Waals surface area (Å²) in [5.74, 6) is 1.83. The molecule has 0 radical (unpaired) electrons. The Bertz CT molecular complexity index is 811. The summed E-state index contributed by atoms with van der Waals surface area (Å²) < 4.78 is 11.2. The largest absolute Gasteiger partial charge is 0.468 e. The lowest BCUT2D eigenvalue weighted by atomic mass is 10.1. The summed E-state index contributed by atoms with van der Waals surface area (Å²) in [6.07, 6.45) is 4.27. The first-order chi connectivity index (χ1) is 15.3. The Morgan fingerprint density at radius 2 is 1.77 bits per heavy atom. The lowest BCUT2D eigenvalue weighted by molar-refractivity contribution is 0.0341. The number of morpholine rings is 1. The van der Waals surface area contributed by atoms with E-state index in [0.717, 1.165) is 70.7 Å². The van der Waals surface area contributed by atoms with Crippen molar-refractivity contribution in [1.82, 2.24) is 20.4 Å². The number of ether oxygens (including phenoxy) is 1. The first kappa shape index (κ1) is 21.9. The van der Waals surface area contributed by atoms with Gasteiger partial charge >= 0.3 is 0 Å². The molecular formula is C24H35N5O2. The van der Waals surface area contributed by atoms with Gasteiger partial charge in [-0.1, -0.05) is 24.3 Å². The van der Waals surface area contributed by atoms with Crippen LogP contribution in [0.15, 0.2) is 52.1 Å². The van der Waals surface area contributed by atoms with Gasteiger partial charge in [0, 0.05) is 39.8 Å². The number of hydrogen-bond acceptors (Lipinski definition) is 5. The van der Waals surface area contributed by atoms with E-state index >= 15 is 0 Å². The molecule has 0 amide bonds. The highest BCUT2D eigenvalue weighted by Gasteiger charge is 2.25. The number of rotatable bonds is 8. The summed E-state index contributed by atoms with van der Waals surface area (Å²) in [5.41, 5.74) is 2.66. The summed E-state index contributed by atoms with van der Waals surface area (Å²) in [6.45, 7) is 8.35. The maximum absolute atomic E-state index is 5.74. The topological polar surface area (TPSA) is 65.3 Å². The zero-order valence-electron chi connectivity index (χ0n) is 18.6. The van der Waals surface area contributed by atoms with Gasteiger partial charge < -0.3 is 19.8 Å². The second-order valence-corrected chi connectivity index (χ2v) is 8.24. The molecule has 3 heterocycles. The van der Waals surface area contributed by atoms with Crippen molar-refractivity contribution in [3.63, 3.8) is 0 Å². The lowest BCUT2D eigenvalue weighted by Crippen LogP contribution is -2.42. The predicted octanol–water partition coefficient (Wildman–Crippen LogP) is 2.61. The fourth-order valence-corrected chi connectivity index (χ4v) is 4.42. The third-order valence-electron chi connectivity index (χ3n) is 6.20. The van der Waals surface area contributed by atoms with E-state index in [1.807, 2.05) is 13.1 Å². The molecule has 1 atom stereocenters. The number of benzene rings is 1. The molecule has 0 spiro atoms. The smallest absolute Gasteiger partial charge is 0.191 e. The Kier molecular flexibility index (Phi) is 7.98. The molecule has 1 unspecified atom stereocenters. The fraction of sp³-hybridized carbons (Fsp3) is 0.542. The van der Waals surface area contributed by atoms with Crippen LogP contribution >= 0.6 is 0 Å². The van der Waals surface area contributed by atoms with Gasteiger partial charge in [-0.2, -0.15) is 0 Å². The Morgan fingerprint density at radius 1 is 1.00 bits per heavy atom. The third kappa shape index (κ3) is 6.09. The number of nitrogens with one attached hydrogen (secondary N) is 2. The van der Waals surface area contributed by atoms with E-state index < -0.39 is 0 Å². The maximum atomic E-state index is 5.74. The number of aliphatic imine (C=N–C) groups is 1. The van der Waals surface area contributed by atoms with Crippen molar-refractivity contribution in [3.05, 3.63) is 59.5 Å². The number of guanidine groups is 1. The quantitative estimate of drug-likeness (QED) is 0.501. The SMILES string of the molecule is CN=C(NCc1ccccc1CN1CCOCC1)NCC(c1ccco1)N1CCCC1. The molecule has 2 aromatic rings. The van der Waals surface area contributed by atoms with Crippen LogP contribution in [-0.2, 0) is 17.8 Å². The molecule has 168 valence electrons. The van der Waals surface area contributed by atoms with Crippen LogP contribution < -0.4 is 10.6 Å². The molecule has 1 aromatic carbocycles. The molecule has 7 nitrogen and oxygen atoms in total. The minimum atomic E-state index is 0.227. The fourth-order valence-electron chi connectivity index (χ4n) is 4.42. The summed E-state index contributed by atoms with van der Waals surface area (Å²) in [4.78, 5) is 9.40. The molecule has 4 rings (SSSR count). The van der Waals surface area contributed by atoms with Crippen LogP contribution in [0.3, 0.4) is 0 Å². The zero-order valence-corrected chi connectivity index (χ0v) is 18.6. The molecule has 0 aliphatic carbocycles. The standard InChI is InChI=1S/C24H35N5O2/c1-25-24(27-18-22(23-9-6-14-31-23)29-10-4-5-11-29)26-17-20-7-2-3-8-21(20)19-28-12-15-30-16-13-28/h2-3,6-9,14,22H,4-5,10-13,15-19H2,1H3,(H2,25,26,27). The Hall–Kier alpha value is -2.35. The molecule has 0 bridgehead atoms. The van der Waals surface area contributed by atoms with Crippen molar-refractivity contribution in [2.75, 3.05) is 53.0 Å². The third-order valence-corrected chi connectivity index (χ3v) is 6.20. The molecule has 2 fully saturated rings. The van der Waals surface area contributed by atoms with E-state index in [2.05, 4.69) is 55.8 Å². The lowest BCUT2D eigenvalue weighted by Gasteiger charge is -2.28. The second-order valence-electron chi connectivity index (χ2n) is 8.24. The van der Waals surface area contributed by atoms with E-state index in [1.165, 1.54) is 24.0 Å². The van der Waals surface area contributed by atoms with Crippen LogP contribution in [0.25, 0.3) is 0 Å². The van der Waals surface area contributed by atoms with Crippen LogP contribution in [0, 0.1) is 0 Å². The predicted molar refractivity (Wildman–Crippen MR) is 123 cm³/mol. The minimum absolute atomic E-state index is 0.227. The first-order valence-corrected chi connectivity index (χ1v) is 11.4. The Balaban J connectivity index is 1.33. The number of likely N-dealkylation sites (tertiary alicyclic amines) is 1. The summed E-state index contributed by atoms with van der Waals surface area (Å²) in [6, 6.07) is 12.9. The number of hydrogen-bond donors (Lipinski definition) is 2. The normalized spacial score (nSPS) is 19.5. The van der Waals surface area contributed by atoms with E-state index in [4.69, 9.17) is 9.15 Å². The molecule has 7 heteroatoms. The van der Waals surface area contributed by atoms with Crippen molar-refractivity contribution in [2.24, 2.45) is 4.99 Å². The van der Waals surface area contributed by atoms with Crippen LogP contribution in [0.1, 0.15) is 35.8 Å². The van der Waals surface area contributed by atoms with Crippen molar-refractivity contribution >= 4 is 5.96 Å². The van der Waals surface area contributed by atoms with Crippen LogP contribution in [0.2, 0.25) is 0 Å². The van der Waals surface area contributed by atoms with Gasteiger partial charge in [-0.05, 0) is 49.2 Å². The monoisotopic (exact) mass is 425 g/mol. The minimum Gasteiger partial charge on any atom is -0.468 e. The van der Waals surface area contributed by atoms with Crippen LogP contribution in [-0.4, -0.2) is 68.7 Å². The molecule has 2 saturated heterocycles. The van der Waals surface area contributed by atoms with Crippen molar-refractivity contribution in [1.29, 1.82) is 0 Å².